The van der Waals surface area contributed by atoms with Crippen molar-refractivity contribution in [1.29, 1.82) is 0 Å². The van der Waals surface area contributed by atoms with E-state index in [0.717, 1.165) is 18.8 Å². The fourth-order valence-electron chi connectivity index (χ4n) is 2.15. The van der Waals surface area contributed by atoms with Gasteiger partial charge >= 0.3 is 6.03 Å². The lowest BCUT2D eigenvalue weighted by Gasteiger charge is -2.34. The maximum absolute atomic E-state index is 12.0. The fourth-order valence-corrected chi connectivity index (χ4v) is 2.15. The monoisotopic (exact) mass is 261 g/mol. The van der Waals surface area contributed by atoms with Gasteiger partial charge in [0.25, 0.3) is 0 Å². The molecule has 19 heavy (non-hydrogen) atoms. The van der Waals surface area contributed by atoms with Crippen LogP contribution in [-0.2, 0) is 4.79 Å². The van der Waals surface area contributed by atoms with E-state index in [4.69, 9.17) is 0 Å². The maximum atomic E-state index is 12.0. The predicted molar refractivity (Wildman–Crippen MR) is 74.2 cm³/mol. The van der Waals surface area contributed by atoms with E-state index in [9.17, 15) is 9.59 Å². The Morgan fingerprint density at radius 1 is 1.11 bits per heavy atom. The van der Waals surface area contributed by atoms with Crippen molar-refractivity contribution in [3.05, 3.63) is 30.3 Å². The van der Waals surface area contributed by atoms with E-state index in [1.165, 1.54) is 0 Å². The van der Waals surface area contributed by atoms with Crippen LogP contribution in [0, 0.1) is 0 Å². The van der Waals surface area contributed by atoms with Gasteiger partial charge in [-0.15, -0.1) is 0 Å². The van der Waals surface area contributed by atoms with E-state index in [2.05, 4.69) is 10.2 Å². The van der Waals surface area contributed by atoms with E-state index >= 15 is 0 Å². The average molecular weight is 261 g/mol. The standard InChI is InChI=1S/C14H19N3O2/c1-12(18)11-16-7-9-17(10-8-16)14(19)15-13-5-3-2-4-6-13/h2-6H,7-11H2,1H3,(H,15,19). The molecule has 1 aromatic rings. The van der Waals surface area contributed by atoms with Crippen LogP contribution >= 0.6 is 0 Å². The largest absolute Gasteiger partial charge is 0.322 e. The van der Waals surface area contributed by atoms with Crippen molar-refractivity contribution in [2.75, 3.05) is 38.0 Å². The van der Waals surface area contributed by atoms with Crippen molar-refractivity contribution in [3.63, 3.8) is 0 Å². The normalized spacial score (nSPS) is 16.2. The number of piperazine rings is 1. The summed E-state index contributed by atoms with van der Waals surface area (Å²) < 4.78 is 0. The third-order valence-corrected chi connectivity index (χ3v) is 3.13. The molecule has 1 fully saturated rings. The molecule has 0 unspecified atom stereocenters. The van der Waals surface area contributed by atoms with E-state index < -0.39 is 0 Å². The Hall–Kier alpha value is -1.88. The van der Waals surface area contributed by atoms with Gasteiger partial charge in [-0.2, -0.15) is 0 Å². The molecule has 0 atom stereocenters. The minimum absolute atomic E-state index is 0.0753. The maximum Gasteiger partial charge on any atom is 0.321 e. The van der Waals surface area contributed by atoms with Crippen molar-refractivity contribution >= 4 is 17.5 Å². The zero-order chi connectivity index (χ0) is 13.7. The molecule has 1 saturated heterocycles. The van der Waals surface area contributed by atoms with Crippen LogP contribution in [0.25, 0.3) is 0 Å². The molecule has 0 aliphatic carbocycles. The molecule has 0 spiro atoms. The lowest BCUT2D eigenvalue weighted by molar-refractivity contribution is -0.118. The molecule has 5 heteroatoms. The molecule has 0 saturated carbocycles. The summed E-state index contributed by atoms with van der Waals surface area (Å²) in [5.74, 6) is 0.169. The molecule has 2 rings (SSSR count). The smallest absolute Gasteiger partial charge is 0.321 e. The molecular weight excluding hydrogens is 242 g/mol. The number of urea groups is 1. The van der Waals surface area contributed by atoms with Crippen LogP contribution in [0.4, 0.5) is 10.5 Å². The van der Waals surface area contributed by atoms with Crippen molar-refractivity contribution in [2.45, 2.75) is 6.92 Å². The minimum Gasteiger partial charge on any atom is -0.322 e. The number of Topliss-reactive ketones (excluding diaryl/α,β-unsaturated/α-hetero) is 1. The highest BCUT2D eigenvalue weighted by Crippen LogP contribution is 2.08. The summed E-state index contributed by atoms with van der Waals surface area (Å²) >= 11 is 0. The second-order valence-corrected chi connectivity index (χ2v) is 4.76. The second-order valence-electron chi connectivity index (χ2n) is 4.76. The number of amides is 2. The first kappa shape index (κ1) is 13.5. The van der Waals surface area contributed by atoms with Gasteiger partial charge < -0.3 is 10.2 Å². The Balaban J connectivity index is 1.81. The van der Waals surface area contributed by atoms with Gasteiger partial charge in [0.1, 0.15) is 5.78 Å². The Kier molecular flexibility index (Phi) is 4.52. The average Bonchev–Trinajstić information content (AvgIpc) is 2.40. The number of hydrogen-bond donors (Lipinski definition) is 1. The first-order valence-electron chi connectivity index (χ1n) is 6.48. The molecule has 5 nitrogen and oxygen atoms in total. The summed E-state index contributed by atoms with van der Waals surface area (Å²) in [4.78, 5) is 26.9. The molecular formula is C14H19N3O2. The predicted octanol–water partition coefficient (Wildman–Crippen LogP) is 1.43. The van der Waals surface area contributed by atoms with Gasteiger partial charge in [-0.05, 0) is 19.1 Å². The number of para-hydroxylation sites is 1. The highest BCUT2D eigenvalue weighted by atomic mass is 16.2. The molecule has 102 valence electrons. The molecule has 1 aliphatic rings. The van der Waals surface area contributed by atoms with Gasteiger partial charge in [0.05, 0.1) is 6.54 Å². The molecule has 1 heterocycles. The third kappa shape index (κ3) is 4.06. The molecule has 0 aromatic heterocycles. The summed E-state index contributed by atoms with van der Waals surface area (Å²) in [6, 6.07) is 9.35. The SMILES string of the molecule is CC(=O)CN1CCN(C(=O)Nc2ccccc2)CC1. The number of rotatable bonds is 3. The molecule has 0 bridgehead atoms. The van der Waals surface area contributed by atoms with Crippen LogP contribution in [-0.4, -0.2) is 54.3 Å². The summed E-state index contributed by atoms with van der Waals surface area (Å²) in [5.41, 5.74) is 0.804. The zero-order valence-electron chi connectivity index (χ0n) is 11.1. The lowest BCUT2D eigenvalue weighted by atomic mass is 10.3. The topological polar surface area (TPSA) is 52.7 Å². The number of anilines is 1. The number of carbonyl (C=O) groups excluding carboxylic acids is 2. The number of nitrogens with zero attached hydrogens (tertiary/aromatic N) is 2. The Morgan fingerprint density at radius 3 is 2.32 bits per heavy atom. The van der Waals surface area contributed by atoms with E-state index in [0.29, 0.717) is 19.6 Å². The number of nitrogens with one attached hydrogen (secondary N) is 1. The molecule has 0 radical (unpaired) electrons. The molecule has 1 aromatic carbocycles. The van der Waals surface area contributed by atoms with Crippen LogP contribution in [0.1, 0.15) is 6.92 Å². The summed E-state index contributed by atoms with van der Waals surface area (Å²) in [6.45, 7) is 4.89. The van der Waals surface area contributed by atoms with Crippen molar-refractivity contribution in [3.8, 4) is 0 Å². The van der Waals surface area contributed by atoms with E-state index in [1.807, 2.05) is 30.3 Å². The number of ketones is 1. The Bertz CT molecular complexity index is 439. The summed E-state index contributed by atoms with van der Waals surface area (Å²) in [5, 5.41) is 2.87. The van der Waals surface area contributed by atoms with Crippen molar-refractivity contribution < 1.29 is 9.59 Å². The van der Waals surface area contributed by atoms with E-state index in [-0.39, 0.29) is 11.8 Å². The van der Waals surface area contributed by atoms with Gasteiger partial charge in [0.2, 0.25) is 0 Å². The summed E-state index contributed by atoms with van der Waals surface area (Å²) in [7, 11) is 0. The minimum atomic E-state index is -0.0753. The van der Waals surface area contributed by atoms with Crippen molar-refractivity contribution in [1.82, 2.24) is 9.80 Å². The Morgan fingerprint density at radius 2 is 1.74 bits per heavy atom. The van der Waals surface area contributed by atoms with Gasteiger partial charge in [0.15, 0.2) is 0 Å². The van der Waals surface area contributed by atoms with Crippen LogP contribution in [0.3, 0.4) is 0 Å². The van der Waals surface area contributed by atoms with Gasteiger partial charge in [-0.25, -0.2) is 4.79 Å². The molecule has 1 N–H and O–H groups in total. The second kappa shape index (κ2) is 6.33. The highest BCUT2D eigenvalue weighted by Gasteiger charge is 2.21. The van der Waals surface area contributed by atoms with Gasteiger partial charge in [0, 0.05) is 31.9 Å². The third-order valence-electron chi connectivity index (χ3n) is 3.13. The molecule has 1 aliphatic heterocycles. The number of carbonyl (C=O) groups is 2. The van der Waals surface area contributed by atoms with Crippen LogP contribution in [0.15, 0.2) is 30.3 Å². The van der Waals surface area contributed by atoms with Crippen LogP contribution in [0.2, 0.25) is 0 Å². The first-order chi connectivity index (χ1) is 9.15. The number of hydrogen-bond acceptors (Lipinski definition) is 3. The highest BCUT2D eigenvalue weighted by molar-refractivity contribution is 5.89. The van der Waals surface area contributed by atoms with Crippen LogP contribution in [0.5, 0.6) is 0 Å². The zero-order valence-corrected chi connectivity index (χ0v) is 11.1. The number of benzene rings is 1. The van der Waals surface area contributed by atoms with E-state index in [1.54, 1.807) is 11.8 Å². The summed E-state index contributed by atoms with van der Waals surface area (Å²) in [6.07, 6.45) is 0. The fraction of sp³-hybridized carbons (Fsp3) is 0.429. The lowest BCUT2D eigenvalue weighted by Crippen LogP contribution is -2.50. The quantitative estimate of drug-likeness (QED) is 0.895. The molecule has 2 amide bonds. The first-order valence-corrected chi connectivity index (χ1v) is 6.48. The van der Waals surface area contributed by atoms with Crippen molar-refractivity contribution in [2.24, 2.45) is 0 Å². The van der Waals surface area contributed by atoms with Gasteiger partial charge in [-0.1, -0.05) is 18.2 Å². The Labute approximate surface area is 113 Å². The van der Waals surface area contributed by atoms with Crippen LogP contribution < -0.4 is 5.32 Å². The van der Waals surface area contributed by atoms with Gasteiger partial charge in [-0.3, -0.25) is 9.69 Å².